The maximum Gasteiger partial charge on any atom is 0.195 e. The molecule has 0 bridgehead atoms. The fraction of sp³-hybridized carbons (Fsp3) is 0.444. The van der Waals surface area contributed by atoms with Crippen molar-refractivity contribution in [3.8, 4) is 11.5 Å². The van der Waals surface area contributed by atoms with Crippen LogP contribution < -0.4 is 0 Å². The second-order valence-corrected chi connectivity index (χ2v) is 3.80. The molecule has 2 aromatic heterocycles. The van der Waals surface area contributed by atoms with Gasteiger partial charge in [0.1, 0.15) is 5.69 Å². The number of aryl methyl sites for hydroxylation is 2. The van der Waals surface area contributed by atoms with E-state index in [1.165, 1.54) is 0 Å². The summed E-state index contributed by atoms with van der Waals surface area (Å²) in [5.41, 5.74) is 2.03. The van der Waals surface area contributed by atoms with Crippen LogP contribution in [0.4, 0.5) is 0 Å². The van der Waals surface area contributed by atoms with Crippen LogP contribution in [0.25, 0.3) is 11.5 Å². The molecule has 0 saturated carbocycles. The van der Waals surface area contributed by atoms with Crippen LogP contribution in [0.15, 0.2) is 6.07 Å². The highest BCUT2D eigenvalue weighted by atomic mass is 32.1. The number of aromatic amines is 1. The van der Waals surface area contributed by atoms with Crippen molar-refractivity contribution in [2.45, 2.75) is 13.3 Å². The van der Waals surface area contributed by atoms with Gasteiger partial charge in [0, 0.05) is 14.1 Å². The first-order valence-electron chi connectivity index (χ1n) is 4.78. The van der Waals surface area contributed by atoms with E-state index in [2.05, 4.69) is 22.2 Å². The molecule has 2 rings (SSSR count). The van der Waals surface area contributed by atoms with E-state index in [1.54, 1.807) is 0 Å². The quantitative estimate of drug-likeness (QED) is 0.784. The van der Waals surface area contributed by atoms with Gasteiger partial charge in [-0.05, 0) is 24.7 Å². The van der Waals surface area contributed by atoms with Gasteiger partial charge in [0.2, 0.25) is 0 Å². The summed E-state index contributed by atoms with van der Waals surface area (Å²) in [6.45, 7) is 2.08. The molecule has 0 saturated heterocycles. The van der Waals surface area contributed by atoms with Crippen molar-refractivity contribution in [1.82, 2.24) is 24.5 Å². The number of rotatable bonds is 2. The predicted molar refractivity (Wildman–Crippen MR) is 60.0 cm³/mol. The van der Waals surface area contributed by atoms with Gasteiger partial charge in [0.25, 0.3) is 0 Å². The molecule has 5 nitrogen and oxygen atoms in total. The standard InChI is InChI=1S/C9H13N5S/c1-4-6-5-7(14(3)12-6)8-10-11-9(15)13(8)2/h5H,4H2,1-3H3,(H,11,15). The number of aromatic nitrogens is 5. The van der Waals surface area contributed by atoms with Gasteiger partial charge in [-0.25, -0.2) is 0 Å². The molecule has 0 atom stereocenters. The van der Waals surface area contributed by atoms with Crippen LogP contribution in [-0.4, -0.2) is 24.5 Å². The summed E-state index contributed by atoms with van der Waals surface area (Å²) < 4.78 is 4.28. The Morgan fingerprint density at radius 2 is 2.20 bits per heavy atom. The lowest BCUT2D eigenvalue weighted by atomic mass is 10.3. The van der Waals surface area contributed by atoms with Gasteiger partial charge in [-0.15, -0.1) is 0 Å². The minimum atomic E-state index is 0.615. The predicted octanol–water partition coefficient (Wildman–Crippen LogP) is 1.44. The fourth-order valence-corrected chi connectivity index (χ4v) is 1.62. The average Bonchev–Trinajstić information content (AvgIpc) is 2.73. The van der Waals surface area contributed by atoms with E-state index in [9.17, 15) is 0 Å². The lowest BCUT2D eigenvalue weighted by Crippen LogP contribution is -1.99. The van der Waals surface area contributed by atoms with E-state index in [4.69, 9.17) is 12.2 Å². The third kappa shape index (κ3) is 1.61. The molecule has 6 heteroatoms. The number of hydrogen-bond donors (Lipinski definition) is 1. The summed E-state index contributed by atoms with van der Waals surface area (Å²) in [5.74, 6) is 0.815. The number of nitrogens with one attached hydrogen (secondary N) is 1. The minimum absolute atomic E-state index is 0.615. The first-order valence-corrected chi connectivity index (χ1v) is 5.19. The Balaban J connectivity index is 2.58. The Morgan fingerprint density at radius 3 is 2.67 bits per heavy atom. The minimum Gasteiger partial charge on any atom is -0.302 e. The number of nitrogens with zero attached hydrogens (tertiary/aromatic N) is 4. The van der Waals surface area contributed by atoms with Crippen molar-refractivity contribution in [3.05, 3.63) is 16.5 Å². The van der Waals surface area contributed by atoms with E-state index >= 15 is 0 Å². The first-order chi connectivity index (χ1) is 7.13. The molecule has 0 fully saturated rings. The maximum absolute atomic E-state index is 5.07. The Kier molecular flexibility index (Phi) is 2.44. The van der Waals surface area contributed by atoms with Gasteiger partial charge < -0.3 is 4.57 Å². The zero-order valence-corrected chi connectivity index (χ0v) is 9.80. The maximum atomic E-state index is 5.07. The third-order valence-corrected chi connectivity index (χ3v) is 2.77. The van der Waals surface area contributed by atoms with Gasteiger partial charge in [0.15, 0.2) is 10.6 Å². The normalized spacial score (nSPS) is 10.9. The average molecular weight is 223 g/mol. The molecule has 0 aliphatic rings. The zero-order valence-electron chi connectivity index (χ0n) is 8.98. The SMILES string of the molecule is CCc1cc(-c2n[nH]c(=S)n2C)n(C)n1. The number of H-pyrrole nitrogens is 1. The van der Waals surface area contributed by atoms with Crippen LogP contribution in [0.3, 0.4) is 0 Å². The van der Waals surface area contributed by atoms with Crippen LogP contribution in [0.1, 0.15) is 12.6 Å². The molecule has 0 aromatic carbocycles. The molecule has 1 N–H and O–H groups in total. The van der Waals surface area contributed by atoms with E-state index in [-0.39, 0.29) is 0 Å². The van der Waals surface area contributed by atoms with Gasteiger partial charge >= 0.3 is 0 Å². The largest absolute Gasteiger partial charge is 0.302 e. The topological polar surface area (TPSA) is 51.4 Å². The Bertz CT molecular complexity index is 533. The highest BCUT2D eigenvalue weighted by Crippen LogP contribution is 2.16. The molecule has 0 radical (unpaired) electrons. The number of hydrogen-bond acceptors (Lipinski definition) is 3. The molecule has 15 heavy (non-hydrogen) atoms. The summed E-state index contributed by atoms with van der Waals surface area (Å²) in [6, 6.07) is 2.03. The molecule has 0 aliphatic heterocycles. The van der Waals surface area contributed by atoms with E-state index in [0.717, 1.165) is 23.6 Å². The molecule has 0 amide bonds. The second kappa shape index (κ2) is 3.62. The van der Waals surface area contributed by atoms with Crippen molar-refractivity contribution < 1.29 is 0 Å². The monoisotopic (exact) mass is 223 g/mol. The van der Waals surface area contributed by atoms with Gasteiger partial charge in [-0.3, -0.25) is 9.78 Å². The van der Waals surface area contributed by atoms with E-state index in [0.29, 0.717) is 4.77 Å². The Morgan fingerprint density at radius 1 is 1.47 bits per heavy atom. The van der Waals surface area contributed by atoms with Crippen molar-refractivity contribution in [3.63, 3.8) is 0 Å². The summed E-state index contributed by atoms with van der Waals surface area (Å²) in [7, 11) is 3.80. The fourth-order valence-electron chi connectivity index (χ4n) is 1.48. The Labute approximate surface area is 92.7 Å². The summed E-state index contributed by atoms with van der Waals surface area (Å²) >= 11 is 5.07. The molecule has 0 spiro atoms. The molecule has 2 heterocycles. The van der Waals surface area contributed by atoms with Crippen molar-refractivity contribution in [2.24, 2.45) is 14.1 Å². The van der Waals surface area contributed by atoms with E-state index in [1.807, 2.05) is 29.4 Å². The van der Waals surface area contributed by atoms with E-state index < -0.39 is 0 Å². The molecule has 80 valence electrons. The van der Waals surface area contributed by atoms with Crippen LogP contribution in [-0.2, 0) is 20.5 Å². The highest BCUT2D eigenvalue weighted by Gasteiger charge is 2.11. The van der Waals surface area contributed by atoms with Gasteiger partial charge in [-0.1, -0.05) is 6.92 Å². The highest BCUT2D eigenvalue weighted by molar-refractivity contribution is 7.71. The first kappa shape index (κ1) is 10.1. The van der Waals surface area contributed by atoms with Crippen LogP contribution >= 0.6 is 12.2 Å². The smallest absolute Gasteiger partial charge is 0.195 e. The lowest BCUT2D eigenvalue weighted by molar-refractivity contribution is 0.742. The third-order valence-electron chi connectivity index (χ3n) is 2.40. The molecule has 0 unspecified atom stereocenters. The lowest BCUT2D eigenvalue weighted by Gasteiger charge is -1.99. The molecular weight excluding hydrogens is 210 g/mol. The summed E-state index contributed by atoms with van der Waals surface area (Å²) in [6.07, 6.45) is 0.919. The second-order valence-electron chi connectivity index (χ2n) is 3.41. The van der Waals surface area contributed by atoms with Crippen molar-refractivity contribution in [1.29, 1.82) is 0 Å². The van der Waals surface area contributed by atoms with Crippen LogP contribution in [0.2, 0.25) is 0 Å². The van der Waals surface area contributed by atoms with Crippen molar-refractivity contribution >= 4 is 12.2 Å². The van der Waals surface area contributed by atoms with Gasteiger partial charge in [0.05, 0.1) is 5.69 Å². The zero-order chi connectivity index (χ0) is 11.0. The van der Waals surface area contributed by atoms with Crippen molar-refractivity contribution in [2.75, 3.05) is 0 Å². The Hall–Kier alpha value is -1.43. The summed E-state index contributed by atoms with van der Waals surface area (Å²) in [4.78, 5) is 0. The molecule has 2 aromatic rings. The van der Waals surface area contributed by atoms with Gasteiger partial charge in [-0.2, -0.15) is 10.2 Å². The molecular formula is C9H13N5S. The summed E-state index contributed by atoms with van der Waals surface area (Å²) in [5, 5.41) is 11.3. The van der Waals surface area contributed by atoms with Crippen LogP contribution in [0.5, 0.6) is 0 Å². The molecule has 0 aliphatic carbocycles. The van der Waals surface area contributed by atoms with Crippen LogP contribution in [0, 0.1) is 4.77 Å².